The average molecular weight is 269 g/mol. The van der Waals surface area contributed by atoms with Crippen molar-refractivity contribution >= 4 is 11.5 Å². The van der Waals surface area contributed by atoms with Gasteiger partial charge >= 0.3 is 0 Å². The van der Waals surface area contributed by atoms with Gasteiger partial charge in [-0.1, -0.05) is 12.1 Å². The number of hydrogen-bond acceptors (Lipinski definition) is 3. The van der Waals surface area contributed by atoms with Crippen molar-refractivity contribution in [3.63, 3.8) is 0 Å². The highest BCUT2D eigenvalue weighted by Crippen LogP contribution is 2.22. The first-order valence-corrected chi connectivity index (χ1v) is 6.89. The van der Waals surface area contributed by atoms with Crippen LogP contribution in [-0.4, -0.2) is 12.0 Å². The zero-order valence-corrected chi connectivity index (χ0v) is 13.0. The van der Waals surface area contributed by atoms with Crippen LogP contribution in [0.2, 0.25) is 0 Å². The van der Waals surface area contributed by atoms with Gasteiger partial charge in [-0.25, -0.2) is 4.98 Å². The van der Waals surface area contributed by atoms with Crippen LogP contribution in [0.3, 0.4) is 0 Å². The number of pyridine rings is 1. The Morgan fingerprint density at radius 1 is 1.05 bits per heavy atom. The Bertz CT molecular complexity index is 632. The normalized spacial score (nSPS) is 10.7. The molecule has 3 nitrogen and oxygen atoms in total. The first-order chi connectivity index (χ1) is 9.40. The standard InChI is InChI=1S/C17H23N3/c1-11-6-7-15(14(4)13(11)3)10-20(5)17-12(2)8-16(18)9-19-17/h6-9H,10,18H2,1-5H3. The second-order valence-corrected chi connectivity index (χ2v) is 5.56. The van der Waals surface area contributed by atoms with Gasteiger partial charge < -0.3 is 10.6 Å². The Balaban J connectivity index is 2.28. The van der Waals surface area contributed by atoms with Crippen LogP contribution < -0.4 is 10.6 Å². The Morgan fingerprint density at radius 3 is 2.40 bits per heavy atom. The molecule has 2 N–H and O–H groups in total. The molecule has 20 heavy (non-hydrogen) atoms. The van der Waals surface area contributed by atoms with E-state index in [-0.39, 0.29) is 0 Å². The highest BCUT2D eigenvalue weighted by atomic mass is 15.2. The Labute approximate surface area is 121 Å². The van der Waals surface area contributed by atoms with E-state index in [2.05, 4.69) is 49.8 Å². The third-order valence-electron chi connectivity index (χ3n) is 4.01. The van der Waals surface area contributed by atoms with Crippen LogP contribution in [0.25, 0.3) is 0 Å². The molecule has 1 aromatic heterocycles. The van der Waals surface area contributed by atoms with Crippen molar-refractivity contribution in [3.8, 4) is 0 Å². The van der Waals surface area contributed by atoms with Gasteiger partial charge in [-0.15, -0.1) is 0 Å². The molecular weight excluding hydrogens is 246 g/mol. The van der Waals surface area contributed by atoms with Gasteiger partial charge in [-0.2, -0.15) is 0 Å². The summed E-state index contributed by atoms with van der Waals surface area (Å²) in [6.07, 6.45) is 1.71. The zero-order valence-electron chi connectivity index (χ0n) is 13.0. The largest absolute Gasteiger partial charge is 0.397 e. The molecule has 0 saturated carbocycles. The molecule has 2 aromatic rings. The van der Waals surface area contributed by atoms with Crippen LogP contribution in [0.1, 0.15) is 27.8 Å². The summed E-state index contributed by atoms with van der Waals surface area (Å²) in [5.74, 6) is 0.983. The third kappa shape index (κ3) is 2.77. The summed E-state index contributed by atoms with van der Waals surface area (Å²) in [7, 11) is 2.07. The van der Waals surface area contributed by atoms with Crippen molar-refractivity contribution in [2.75, 3.05) is 17.7 Å². The van der Waals surface area contributed by atoms with Crippen molar-refractivity contribution in [2.24, 2.45) is 0 Å². The molecule has 1 heterocycles. The second kappa shape index (κ2) is 5.53. The fourth-order valence-corrected chi connectivity index (χ4v) is 2.50. The van der Waals surface area contributed by atoms with E-state index in [1.165, 1.54) is 22.3 Å². The van der Waals surface area contributed by atoms with Crippen molar-refractivity contribution in [1.82, 2.24) is 4.98 Å². The molecule has 1 aromatic carbocycles. The molecule has 0 saturated heterocycles. The van der Waals surface area contributed by atoms with Crippen LogP contribution >= 0.6 is 0 Å². The van der Waals surface area contributed by atoms with Crippen LogP contribution in [0, 0.1) is 27.7 Å². The average Bonchev–Trinajstić information content (AvgIpc) is 2.39. The summed E-state index contributed by atoms with van der Waals surface area (Å²) < 4.78 is 0. The number of nitrogens with zero attached hydrogens (tertiary/aromatic N) is 2. The van der Waals surface area contributed by atoms with Gasteiger partial charge in [-0.3, -0.25) is 0 Å². The number of aryl methyl sites for hydroxylation is 2. The zero-order chi connectivity index (χ0) is 14.9. The minimum atomic E-state index is 0.710. The molecule has 0 aliphatic heterocycles. The van der Waals surface area contributed by atoms with Crippen LogP contribution in [0.15, 0.2) is 24.4 Å². The quantitative estimate of drug-likeness (QED) is 0.926. The second-order valence-electron chi connectivity index (χ2n) is 5.56. The summed E-state index contributed by atoms with van der Waals surface area (Å²) in [5.41, 5.74) is 13.0. The fraction of sp³-hybridized carbons (Fsp3) is 0.353. The first-order valence-electron chi connectivity index (χ1n) is 6.89. The maximum atomic E-state index is 5.76. The molecule has 0 atom stereocenters. The Hall–Kier alpha value is -2.03. The predicted molar refractivity (Wildman–Crippen MR) is 86.1 cm³/mol. The van der Waals surface area contributed by atoms with E-state index < -0.39 is 0 Å². The summed E-state index contributed by atoms with van der Waals surface area (Å²) in [5, 5.41) is 0. The first kappa shape index (κ1) is 14.4. The van der Waals surface area contributed by atoms with E-state index in [9.17, 15) is 0 Å². The molecule has 3 heteroatoms. The SMILES string of the molecule is Cc1cc(N)cnc1N(C)Cc1ccc(C)c(C)c1C. The van der Waals surface area contributed by atoms with Crippen molar-refractivity contribution < 1.29 is 0 Å². The van der Waals surface area contributed by atoms with Crippen molar-refractivity contribution in [2.45, 2.75) is 34.2 Å². The van der Waals surface area contributed by atoms with E-state index >= 15 is 0 Å². The van der Waals surface area contributed by atoms with E-state index in [4.69, 9.17) is 5.73 Å². The smallest absolute Gasteiger partial charge is 0.131 e. The summed E-state index contributed by atoms with van der Waals surface area (Å²) in [4.78, 5) is 6.62. The summed E-state index contributed by atoms with van der Waals surface area (Å²) in [6, 6.07) is 6.36. The molecule has 106 valence electrons. The van der Waals surface area contributed by atoms with Gasteiger partial charge in [0, 0.05) is 13.6 Å². The van der Waals surface area contributed by atoms with Crippen molar-refractivity contribution in [3.05, 3.63) is 52.2 Å². The molecule has 0 aliphatic carbocycles. The van der Waals surface area contributed by atoms with E-state index in [1.54, 1.807) is 6.20 Å². The maximum absolute atomic E-state index is 5.76. The maximum Gasteiger partial charge on any atom is 0.131 e. The fourth-order valence-electron chi connectivity index (χ4n) is 2.50. The molecule has 0 fully saturated rings. The summed E-state index contributed by atoms with van der Waals surface area (Å²) in [6.45, 7) is 9.42. The van der Waals surface area contributed by atoms with Gasteiger partial charge in [0.1, 0.15) is 5.82 Å². The number of nitrogen functional groups attached to an aromatic ring is 1. The number of rotatable bonds is 3. The monoisotopic (exact) mass is 269 g/mol. The molecule has 0 bridgehead atoms. The Morgan fingerprint density at radius 2 is 1.75 bits per heavy atom. The molecule has 0 unspecified atom stereocenters. The van der Waals surface area contributed by atoms with Gasteiger partial charge in [0.2, 0.25) is 0 Å². The van der Waals surface area contributed by atoms with Gasteiger partial charge in [-0.05, 0) is 61.6 Å². The number of hydrogen-bond donors (Lipinski definition) is 1. The van der Waals surface area contributed by atoms with E-state index in [0.29, 0.717) is 5.69 Å². The van der Waals surface area contributed by atoms with Crippen LogP contribution in [0.5, 0.6) is 0 Å². The Kier molecular flexibility index (Phi) is 3.98. The molecular formula is C17H23N3. The number of aromatic nitrogens is 1. The predicted octanol–water partition coefficient (Wildman–Crippen LogP) is 3.53. The number of nitrogens with two attached hydrogens (primary N) is 1. The third-order valence-corrected chi connectivity index (χ3v) is 4.01. The lowest BCUT2D eigenvalue weighted by molar-refractivity contribution is 0.881. The molecule has 0 spiro atoms. The minimum Gasteiger partial charge on any atom is -0.397 e. The highest BCUT2D eigenvalue weighted by Gasteiger charge is 2.10. The number of anilines is 2. The van der Waals surface area contributed by atoms with Crippen LogP contribution in [0.4, 0.5) is 11.5 Å². The molecule has 2 rings (SSSR count). The lowest BCUT2D eigenvalue weighted by Crippen LogP contribution is -2.19. The lowest BCUT2D eigenvalue weighted by Gasteiger charge is -2.22. The van der Waals surface area contributed by atoms with Gasteiger partial charge in [0.25, 0.3) is 0 Å². The van der Waals surface area contributed by atoms with Gasteiger partial charge in [0.15, 0.2) is 0 Å². The van der Waals surface area contributed by atoms with Crippen molar-refractivity contribution in [1.29, 1.82) is 0 Å². The van der Waals surface area contributed by atoms with E-state index in [0.717, 1.165) is 17.9 Å². The summed E-state index contributed by atoms with van der Waals surface area (Å²) >= 11 is 0. The number of benzene rings is 1. The molecule has 0 radical (unpaired) electrons. The molecule has 0 amide bonds. The highest BCUT2D eigenvalue weighted by molar-refractivity contribution is 5.53. The van der Waals surface area contributed by atoms with E-state index in [1.807, 2.05) is 13.0 Å². The van der Waals surface area contributed by atoms with Gasteiger partial charge in [0.05, 0.1) is 11.9 Å². The topological polar surface area (TPSA) is 42.1 Å². The molecule has 0 aliphatic rings. The minimum absolute atomic E-state index is 0.710. The lowest BCUT2D eigenvalue weighted by atomic mass is 9.98. The van der Waals surface area contributed by atoms with Crippen LogP contribution in [-0.2, 0) is 6.54 Å².